The maximum Gasteiger partial charge on any atom is 0.430 e. The number of halogens is 6. The second-order valence-electron chi connectivity index (χ2n) is 8.96. The molecule has 7 nitrogen and oxygen atoms in total. The zero-order valence-electron chi connectivity index (χ0n) is 20.0. The van der Waals surface area contributed by atoms with Crippen LogP contribution in [0.15, 0.2) is 46.9 Å². The number of hydrogen-bond donors (Lipinski definition) is 2. The van der Waals surface area contributed by atoms with Crippen LogP contribution in [0.5, 0.6) is 5.75 Å². The van der Waals surface area contributed by atoms with Gasteiger partial charge < -0.3 is 24.3 Å². The van der Waals surface area contributed by atoms with Gasteiger partial charge in [-0.2, -0.15) is 26.3 Å². The lowest BCUT2D eigenvalue weighted by Crippen LogP contribution is -2.53. The lowest BCUT2D eigenvalue weighted by Gasteiger charge is -2.33. The number of alkyl halides is 6. The number of aromatic nitrogens is 1. The van der Waals surface area contributed by atoms with Crippen LogP contribution in [0.4, 0.5) is 32.0 Å². The van der Waals surface area contributed by atoms with Crippen LogP contribution < -0.4 is 9.64 Å². The van der Waals surface area contributed by atoms with E-state index in [1.54, 1.807) is 43.0 Å². The molecule has 0 spiro atoms. The van der Waals surface area contributed by atoms with Crippen molar-refractivity contribution in [3.05, 3.63) is 65.0 Å². The summed E-state index contributed by atoms with van der Waals surface area (Å²) in [6.07, 6.45) is -11.8. The SMILES string of the molecule is Cc1oc(-c2ccc(OCC(=O)O)cc2)nc1CN1c2ccc(C(O)(C(F)(F)F)C(F)(F)F)cc2CC1C. The molecule has 3 aromatic rings. The van der Waals surface area contributed by atoms with E-state index in [4.69, 9.17) is 14.3 Å². The Labute approximate surface area is 212 Å². The molecule has 2 aromatic carbocycles. The summed E-state index contributed by atoms with van der Waals surface area (Å²) in [5, 5.41) is 18.4. The summed E-state index contributed by atoms with van der Waals surface area (Å²) in [4.78, 5) is 16.9. The van der Waals surface area contributed by atoms with Crippen LogP contribution in [-0.2, 0) is 23.4 Å². The molecule has 0 saturated heterocycles. The number of carboxylic acids is 1. The molecule has 1 aromatic heterocycles. The highest BCUT2D eigenvalue weighted by Gasteiger charge is 2.71. The number of oxazole rings is 1. The zero-order valence-corrected chi connectivity index (χ0v) is 20.0. The number of rotatable bonds is 7. The first-order valence-electron chi connectivity index (χ1n) is 11.3. The van der Waals surface area contributed by atoms with Crippen molar-refractivity contribution in [2.24, 2.45) is 0 Å². The van der Waals surface area contributed by atoms with E-state index in [9.17, 15) is 36.2 Å². The van der Waals surface area contributed by atoms with E-state index in [0.29, 0.717) is 34.5 Å². The molecular formula is C25H22F6N2O5. The van der Waals surface area contributed by atoms with Crippen molar-refractivity contribution >= 4 is 11.7 Å². The third-order valence-corrected chi connectivity index (χ3v) is 6.35. The molecule has 0 saturated carbocycles. The van der Waals surface area contributed by atoms with Crippen LogP contribution in [0.2, 0.25) is 0 Å². The van der Waals surface area contributed by atoms with E-state index in [1.807, 2.05) is 0 Å². The van der Waals surface area contributed by atoms with Crippen LogP contribution >= 0.6 is 0 Å². The van der Waals surface area contributed by atoms with Gasteiger partial charge in [0.25, 0.3) is 5.60 Å². The minimum Gasteiger partial charge on any atom is -0.482 e. The molecule has 1 unspecified atom stereocenters. The summed E-state index contributed by atoms with van der Waals surface area (Å²) >= 11 is 0. The predicted molar refractivity (Wildman–Crippen MR) is 122 cm³/mol. The summed E-state index contributed by atoms with van der Waals surface area (Å²) in [5.41, 5.74) is -4.52. The molecule has 38 heavy (non-hydrogen) atoms. The first kappa shape index (κ1) is 27.3. The smallest absolute Gasteiger partial charge is 0.430 e. The minimum atomic E-state index is -5.96. The number of fused-ring (bicyclic) bond motifs is 1. The van der Waals surface area contributed by atoms with Crippen molar-refractivity contribution in [1.29, 1.82) is 0 Å². The Balaban J connectivity index is 1.58. The standard InChI is InChI=1S/C25H22F6N2O5/c1-13-9-16-10-17(23(36,24(26,27)28)25(29,30)31)5-8-20(16)33(13)11-19-14(2)38-22(32-19)15-3-6-18(7-4-15)37-12-21(34)35/h3-8,10,13,36H,9,11-12H2,1-2H3,(H,34,35). The zero-order chi connectivity index (χ0) is 28.0. The van der Waals surface area contributed by atoms with Crippen molar-refractivity contribution < 1.29 is 50.5 Å². The van der Waals surface area contributed by atoms with Gasteiger partial charge in [0.1, 0.15) is 17.2 Å². The highest BCUT2D eigenvalue weighted by Crippen LogP contribution is 2.51. The third-order valence-electron chi connectivity index (χ3n) is 6.35. The molecule has 0 aliphatic carbocycles. The van der Waals surface area contributed by atoms with Crippen molar-refractivity contribution in [1.82, 2.24) is 4.98 Å². The Hall–Kier alpha value is -3.74. The number of nitrogens with zero attached hydrogens (tertiary/aromatic N) is 2. The number of benzene rings is 2. The number of hydrogen-bond acceptors (Lipinski definition) is 6. The van der Waals surface area contributed by atoms with Crippen LogP contribution in [-0.4, -0.2) is 46.2 Å². The van der Waals surface area contributed by atoms with Gasteiger partial charge in [0.15, 0.2) is 6.61 Å². The van der Waals surface area contributed by atoms with Gasteiger partial charge in [-0.05, 0) is 56.2 Å². The van der Waals surface area contributed by atoms with E-state index in [-0.39, 0.29) is 30.5 Å². The quantitative estimate of drug-likeness (QED) is 0.386. The van der Waals surface area contributed by atoms with Gasteiger partial charge in [-0.1, -0.05) is 12.1 Å². The Kier molecular flexibility index (Phi) is 6.85. The molecule has 1 aliphatic heterocycles. The third kappa shape index (κ3) is 4.89. The number of carboxylic acid groups (broad SMARTS) is 1. The molecule has 2 N–H and O–H groups in total. The Morgan fingerprint density at radius 3 is 2.32 bits per heavy atom. The average molecular weight is 544 g/mol. The summed E-state index contributed by atoms with van der Waals surface area (Å²) < 4.78 is 90.8. The van der Waals surface area contributed by atoms with Crippen molar-refractivity contribution in [3.63, 3.8) is 0 Å². The number of ether oxygens (including phenoxy) is 1. The molecule has 0 radical (unpaired) electrons. The highest BCUT2D eigenvalue weighted by molar-refractivity contribution is 5.68. The minimum absolute atomic E-state index is 0.163. The molecule has 0 amide bonds. The van der Waals surface area contributed by atoms with Crippen LogP contribution in [0.1, 0.15) is 29.5 Å². The number of anilines is 1. The van der Waals surface area contributed by atoms with E-state index >= 15 is 0 Å². The molecule has 13 heteroatoms. The van der Waals surface area contributed by atoms with Gasteiger partial charge in [0.2, 0.25) is 5.89 Å². The lowest BCUT2D eigenvalue weighted by atomic mass is 9.90. The Morgan fingerprint density at radius 2 is 1.74 bits per heavy atom. The molecule has 2 heterocycles. The second kappa shape index (κ2) is 9.53. The van der Waals surface area contributed by atoms with E-state index in [2.05, 4.69) is 4.98 Å². The summed E-state index contributed by atoms with van der Waals surface area (Å²) in [6.45, 7) is 3.12. The summed E-state index contributed by atoms with van der Waals surface area (Å²) in [5.74, 6) is -0.0473. The fourth-order valence-electron chi connectivity index (χ4n) is 4.35. The Bertz CT molecular complexity index is 1320. The van der Waals surface area contributed by atoms with Crippen molar-refractivity contribution in [2.45, 2.75) is 50.8 Å². The van der Waals surface area contributed by atoms with Gasteiger partial charge in [-0.25, -0.2) is 9.78 Å². The highest BCUT2D eigenvalue weighted by atomic mass is 19.4. The fourth-order valence-corrected chi connectivity index (χ4v) is 4.35. The monoisotopic (exact) mass is 544 g/mol. The number of aliphatic carboxylic acids is 1. The van der Waals surface area contributed by atoms with Crippen LogP contribution in [0.3, 0.4) is 0 Å². The van der Waals surface area contributed by atoms with Gasteiger partial charge in [-0.15, -0.1) is 0 Å². The van der Waals surface area contributed by atoms with Crippen LogP contribution in [0.25, 0.3) is 11.5 Å². The van der Waals surface area contributed by atoms with Gasteiger partial charge in [0, 0.05) is 22.9 Å². The Morgan fingerprint density at radius 1 is 1.11 bits per heavy atom. The predicted octanol–water partition coefficient (Wildman–Crippen LogP) is 5.38. The van der Waals surface area contributed by atoms with Gasteiger partial charge in [0.05, 0.1) is 6.54 Å². The molecule has 1 atom stereocenters. The number of aliphatic hydroxyl groups is 1. The molecule has 4 rings (SSSR count). The summed E-state index contributed by atoms with van der Waals surface area (Å²) in [7, 11) is 0. The average Bonchev–Trinajstić information content (AvgIpc) is 3.34. The lowest BCUT2D eigenvalue weighted by molar-refractivity contribution is -0.376. The largest absolute Gasteiger partial charge is 0.482 e. The van der Waals surface area contributed by atoms with Gasteiger partial charge >= 0.3 is 18.3 Å². The maximum absolute atomic E-state index is 13.3. The first-order chi connectivity index (χ1) is 17.6. The van der Waals surface area contributed by atoms with Crippen LogP contribution in [0, 0.1) is 6.92 Å². The maximum atomic E-state index is 13.3. The van der Waals surface area contributed by atoms with E-state index < -0.39 is 36.1 Å². The van der Waals surface area contributed by atoms with E-state index in [1.165, 1.54) is 0 Å². The molecular weight excluding hydrogens is 522 g/mol. The van der Waals surface area contributed by atoms with Gasteiger partial charge in [-0.3, -0.25) is 0 Å². The first-order valence-corrected chi connectivity index (χ1v) is 11.3. The van der Waals surface area contributed by atoms with E-state index in [0.717, 1.165) is 12.1 Å². The fraction of sp³-hybridized carbons (Fsp3) is 0.360. The topological polar surface area (TPSA) is 96.0 Å². The van der Waals surface area contributed by atoms with Crippen molar-refractivity contribution in [2.75, 3.05) is 11.5 Å². The number of carbonyl (C=O) groups is 1. The van der Waals surface area contributed by atoms with Crippen molar-refractivity contribution in [3.8, 4) is 17.2 Å². The normalized spacial score (nSPS) is 16.0. The molecule has 204 valence electrons. The molecule has 0 fully saturated rings. The second-order valence-corrected chi connectivity index (χ2v) is 8.96. The molecule has 0 bridgehead atoms. The summed E-state index contributed by atoms with van der Waals surface area (Å²) in [6, 6.07) is 8.61. The molecule has 1 aliphatic rings. The number of aryl methyl sites for hydroxylation is 1.